The number of thioether (sulfide) groups is 1. The number of rotatable bonds is 27. The summed E-state index contributed by atoms with van der Waals surface area (Å²) in [6.07, 6.45) is 3.85. The summed E-state index contributed by atoms with van der Waals surface area (Å²) in [5, 5.41) is 28.2. The Balaban J connectivity index is 1.74. The van der Waals surface area contributed by atoms with Crippen molar-refractivity contribution < 1.29 is 53.1 Å². The quantitative estimate of drug-likeness (QED) is 0.0487. The average Bonchev–Trinajstić information content (AvgIpc) is 3.92. The number of primary amides is 1. The number of fused-ring (bicyclic) bond motifs is 1. The molecule has 2 aromatic rings. The standard InChI is InChI=1S/C44H67N11O11S/c1-23(2)16-30(39(60)49-22-37(58)51-33(19-35(46)56)43(64)55-14-9-12-34(55)42(63)52-29(44(65)66)13-15-67-6)53-40(61)31(17-24(3)4)54-41(62)32(50-36(57)21-48-38(59)25(5)45)18-26-20-47-28-11-8-7-10-27(26)28/h7-8,10-11,20,23-25,29-34,47H,9,12-19,21-22,45H2,1-6H3,(H2,46,56)(H,48,59)(H,49,60)(H,50,57)(H,51,58)(H,52,63)(H,53,61)(H,54,62)(H,65,66)/t25-,29-,30-,31-,32-,33-,34-/m0/s1. The van der Waals surface area contributed by atoms with Crippen molar-refractivity contribution in [2.24, 2.45) is 23.3 Å². The number of hydrogen-bond acceptors (Lipinski definition) is 12. The van der Waals surface area contributed by atoms with E-state index in [1.807, 2.05) is 38.1 Å². The smallest absolute Gasteiger partial charge is 0.326 e. The Morgan fingerprint density at radius 3 is 1.90 bits per heavy atom. The van der Waals surface area contributed by atoms with Crippen molar-refractivity contribution in [2.75, 3.05) is 31.6 Å². The summed E-state index contributed by atoms with van der Waals surface area (Å²) in [6.45, 7) is 7.64. The Morgan fingerprint density at radius 1 is 0.761 bits per heavy atom. The molecule has 0 saturated carbocycles. The number of para-hydroxylation sites is 1. The number of aromatic nitrogens is 1. The number of carboxylic acid groups (broad SMARTS) is 1. The molecule has 22 nitrogen and oxygen atoms in total. The van der Waals surface area contributed by atoms with Gasteiger partial charge >= 0.3 is 5.97 Å². The van der Waals surface area contributed by atoms with Gasteiger partial charge in [-0.05, 0) is 74.5 Å². The number of aromatic amines is 1. The van der Waals surface area contributed by atoms with E-state index in [0.717, 1.165) is 15.8 Å². The molecule has 0 unspecified atom stereocenters. The minimum atomic E-state index is -1.52. The number of nitrogens with one attached hydrogen (secondary N) is 8. The van der Waals surface area contributed by atoms with Crippen molar-refractivity contribution in [1.29, 1.82) is 0 Å². The van der Waals surface area contributed by atoms with Crippen molar-refractivity contribution in [3.63, 3.8) is 0 Å². The van der Waals surface area contributed by atoms with Crippen LogP contribution in [0.3, 0.4) is 0 Å². The Bertz CT molecular complexity index is 2100. The highest BCUT2D eigenvalue weighted by molar-refractivity contribution is 7.98. The number of H-pyrrole nitrogens is 1. The van der Waals surface area contributed by atoms with Crippen LogP contribution in [0.15, 0.2) is 30.5 Å². The lowest BCUT2D eigenvalue weighted by Gasteiger charge is -2.29. The second kappa shape index (κ2) is 26.8. The number of amides is 9. The van der Waals surface area contributed by atoms with Crippen LogP contribution >= 0.6 is 11.8 Å². The minimum absolute atomic E-state index is 0.00479. The molecule has 13 N–H and O–H groups in total. The van der Waals surface area contributed by atoms with Crippen LogP contribution in [0.1, 0.15) is 78.7 Å². The van der Waals surface area contributed by atoms with Crippen LogP contribution in [-0.4, -0.2) is 148 Å². The third-order valence-corrected chi connectivity index (χ3v) is 11.4. The third kappa shape index (κ3) is 17.8. The number of benzene rings is 1. The van der Waals surface area contributed by atoms with E-state index < -0.39 is 121 Å². The number of likely N-dealkylation sites (tertiary alicyclic amines) is 1. The fourth-order valence-electron chi connectivity index (χ4n) is 7.46. The maximum Gasteiger partial charge on any atom is 0.326 e. The summed E-state index contributed by atoms with van der Waals surface area (Å²) in [5.41, 5.74) is 12.5. The van der Waals surface area contributed by atoms with Crippen LogP contribution in [0.4, 0.5) is 0 Å². The lowest BCUT2D eigenvalue weighted by molar-refractivity contribution is -0.145. The molecule has 370 valence electrons. The first-order chi connectivity index (χ1) is 31.6. The van der Waals surface area contributed by atoms with E-state index in [-0.39, 0.29) is 50.5 Å². The number of nitrogens with zero attached hydrogens (tertiary/aromatic N) is 1. The lowest BCUT2D eigenvalue weighted by atomic mass is 9.99. The first kappa shape index (κ1) is 55.1. The highest BCUT2D eigenvalue weighted by Gasteiger charge is 2.39. The van der Waals surface area contributed by atoms with Crippen molar-refractivity contribution in [1.82, 2.24) is 47.1 Å². The van der Waals surface area contributed by atoms with Crippen LogP contribution < -0.4 is 48.7 Å². The molecular formula is C44H67N11O11S. The van der Waals surface area contributed by atoms with Gasteiger partial charge in [0.1, 0.15) is 36.3 Å². The highest BCUT2D eigenvalue weighted by Crippen LogP contribution is 2.21. The van der Waals surface area contributed by atoms with Crippen molar-refractivity contribution in [2.45, 2.75) is 122 Å². The molecule has 67 heavy (non-hydrogen) atoms. The van der Waals surface area contributed by atoms with Gasteiger partial charge in [-0.15, -0.1) is 0 Å². The maximum atomic E-state index is 14.1. The molecule has 0 bridgehead atoms. The largest absolute Gasteiger partial charge is 0.480 e. The zero-order valence-corrected chi connectivity index (χ0v) is 39.7. The number of hydrogen-bond donors (Lipinski definition) is 11. The molecule has 9 amide bonds. The molecule has 1 aromatic carbocycles. The molecule has 1 aliphatic rings. The molecule has 0 aliphatic carbocycles. The van der Waals surface area contributed by atoms with Gasteiger partial charge in [-0.2, -0.15) is 11.8 Å². The van der Waals surface area contributed by atoms with E-state index >= 15 is 0 Å². The Hall–Kier alpha value is -6.23. The van der Waals surface area contributed by atoms with E-state index in [9.17, 15) is 53.1 Å². The second-order valence-electron chi connectivity index (χ2n) is 17.5. The predicted octanol–water partition coefficient (Wildman–Crippen LogP) is -1.49. The number of carbonyl (C=O) groups is 10. The van der Waals surface area contributed by atoms with Crippen LogP contribution in [0, 0.1) is 11.8 Å². The molecule has 2 heterocycles. The molecule has 23 heteroatoms. The monoisotopic (exact) mass is 957 g/mol. The maximum absolute atomic E-state index is 14.1. The molecule has 3 rings (SSSR count). The first-order valence-electron chi connectivity index (χ1n) is 22.3. The van der Waals surface area contributed by atoms with E-state index in [4.69, 9.17) is 11.5 Å². The molecule has 1 aliphatic heterocycles. The van der Waals surface area contributed by atoms with Gasteiger partial charge in [0, 0.05) is 30.1 Å². The normalized spacial score (nSPS) is 16.2. The average molecular weight is 958 g/mol. The van der Waals surface area contributed by atoms with Gasteiger partial charge in [0.25, 0.3) is 0 Å². The van der Waals surface area contributed by atoms with E-state index in [1.165, 1.54) is 18.7 Å². The summed E-state index contributed by atoms with van der Waals surface area (Å²) in [5.74, 6) is -7.84. The Labute approximate surface area is 393 Å². The second-order valence-corrected chi connectivity index (χ2v) is 18.4. The zero-order chi connectivity index (χ0) is 50.0. The first-order valence-corrected chi connectivity index (χ1v) is 23.7. The summed E-state index contributed by atoms with van der Waals surface area (Å²) < 4.78 is 0. The van der Waals surface area contributed by atoms with Gasteiger partial charge in [-0.1, -0.05) is 45.9 Å². The minimum Gasteiger partial charge on any atom is -0.480 e. The van der Waals surface area contributed by atoms with Gasteiger partial charge in [0.15, 0.2) is 0 Å². The fourth-order valence-corrected chi connectivity index (χ4v) is 7.93. The topological polar surface area (TPSA) is 346 Å². The molecular weight excluding hydrogens is 891 g/mol. The molecule has 1 fully saturated rings. The van der Waals surface area contributed by atoms with Crippen molar-refractivity contribution >= 4 is 81.8 Å². The summed E-state index contributed by atoms with van der Waals surface area (Å²) >= 11 is 1.40. The van der Waals surface area contributed by atoms with E-state index in [1.54, 1.807) is 26.3 Å². The van der Waals surface area contributed by atoms with Crippen molar-refractivity contribution in [3.8, 4) is 0 Å². The van der Waals surface area contributed by atoms with Crippen LogP contribution in [0.25, 0.3) is 10.9 Å². The molecule has 1 saturated heterocycles. The zero-order valence-electron chi connectivity index (χ0n) is 38.9. The predicted molar refractivity (Wildman–Crippen MR) is 249 cm³/mol. The summed E-state index contributed by atoms with van der Waals surface area (Å²) in [6, 6.07) is -0.916. The molecule has 0 radical (unpaired) electrons. The number of aliphatic carboxylic acids is 1. The van der Waals surface area contributed by atoms with Gasteiger partial charge in [0.2, 0.25) is 53.2 Å². The Kier molecular flexibility index (Phi) is 22.0. The van der Waals surface area contributed by atoms with Crippen LogP contribution in [-0.2, 0) is 54.4 Å². The van der Waals surface area contributed by atoms with Crippen molar-refractivity contribution in [3.05, 3.63) is 36.0 Å². The fraction of sp³-hybridized carbons (Fsp3) is 0.591. The molecule has 1 aromatic heterocycles. The Morgan fingerprint density at radius 2 is 1.33 bits per heavy atom. The van der Waals surface area contributed by atoms with Crippen LogP contribution in [0.5, 0.6) is 0 Å². The third-order valence-electron chi connectivity index (χ3n) is 10.8. The summed E-state index contributed by atoms with van der Waals surface area (Å²) in [7, 11) is 0. The number of carboxylic acids is 1. The number of carbonyl (C=O) groups excluding carboxylic acids is 9. The van der Waals surface area contributed by atoms with Gasteiger partial charge in [-0.25, -0.2) is 4.79 Å². The molecule has 0 spiro atoms. The lowest BCUT2D eigenvalue weighted by Crippen LogP contribution is -2.59. The summed E-state index contributed by atoms with van der Waals surface area (Å²) in [4.78, 5) is 135. The van der Waals surface area contributed by atoms with E-state index in [2.05, 4.69) is 42.2 Å². The molecule has 7 atom stereocenters. The van der Waals surface area contributed by atoms with E-state index in [0.29, 0.717) is 17.7 Å². The number of nitrogens with two attached hydrogens (primary N) is 2. The highest BCUT2D eigenvalue weighted by atomic mass is 32.2. The van der Waals surface area contributed by atoms with Gasteiger partial charge < -0.3 is 63.7 Å². The van der Waals surface area contributed by atoms with Crippen LogP contribution in [0.2, 0.25) is 0 Å². The van der Waals surface area contributed by atoms with Gasteiger partial charge in [-0.3, -0.25) is 43.2 Å². The van der Waals surface area contributed by atoms with Gasteiger partial charge in [0.05, 0.1) is 25.6 Å². The SMILES string of the molecule is CSCC[C@H](NC(=O)[C@@H]1CCCN1C(=O)[C@H](CC(N)=O)NC(=O)CNC(=O)[C@H](CC(C)C)NC(=O)[C@H](CC(C)C)NC(=O)[C@H](Cc1c[nH]c2ccccc12)NC(=O)CNC(=O)[C@H](C)N)C(=O)O.